The third kappa shape index (κ3) is 2.09. The standard InChI is InChI=1S/C14H19N3O2/c1-10(2)15-14(18)17-7-6-16-8-9-19-12-5-3-4-11(17)13(12)16/h3-5,10H,6-9H2,1-2H3,(H,15,18). The summed E-state index contributed by atoms with van der Waals surface area (Å²) in [5.74, 6) is 0.880. The van der Waals surface area contributed by atoms with E-state index in [0.717, 1.165) is 36.8 Å². The number of amides is 2. The van der Waals surface area contributed by atoms with Crippen LogP contribution < -0.4 is 19.9 Å². The minimum atomic E-state index is -0.0337. The molecule has 3 rings (SSSR count). The SMILES string of the molecule is CC(C)NC(=O)N1CCN2CCOc3cccc1c32. The third-order valence-electron chi connectivity index (χ3n) is 3.45. The number of carbonyl (C=O) groups excluding carboxylic acids is 1. The van der Waals surface area contributed by atoms with Crippen molar-refractivity contribution >= 4 is 17.4 Å². The first kappa shape index (κ1) is 12.1. The molecule has 1 aromatic carbocycles. The Hall–Kier alpha value is -1.91. The maximum Gasteiger partial charge on any atom is 0.322 e. The van der Waals surface area contributed by atoms with Gasteiger partial charge >= 0.3 is 6.03 Å². The van der Waals surface area contributed by atoms with Crippen molar-refractivity contribution in [2.24, 2.45) is 0 Å². The average Bonchev–Trinajstić information content (AvgIpc) is 2.39. The Kier molecular flexibility index (Phi) is 2.97. The van der Waals surface area contributed by atoms with Crippen LogP contribution in [0.2, 0.25) is 0 Å². The predicted octanol–water partition coefficient (Wildman–Crippen LogP) is 1.82. The van der Waals surface area contributed by atoms with Crippen molar-refractivity contribution in [2.75, 3.05) is 36.0 Å². The molecule has 1 aromatic rings. The second-order valence-electron chi connectivity index (χ2n) is 5.22. The lowest BCUT2D eigenvalue weighted by atomic mass is 10.1. The summed E-state index contributed by atoms with van der Waals surface area (Å²) in [5, 5.41) is 2.95. The lowest BCUT2D eigenvalue weighted by Gasteiger charge is -2.41. The zero-order chi connectivity index (χ0) is 13.4. The second-order valence-corrected chi connectivity index (χ2v) is 5.22. The van der Waals surface area contributed by atoms with Crippen LogP contribution in [-0.2, 0) is 0 Å². The zero-order valence-electron chi connectivity index (χ0n) is 11.3. The number of hydrogen-bond acceptors (Lipinski definition) is 3. The van der Waals surface area contributed by atoms with E-state index in [2.05, 4.69) is 10.2 Å². The van der Waals surface area contributed by atoms with Crippen molar-refractivity contribution in [2.45, 2.75) is 19.9 Å². The maximum atomic E-state index is 12.3. The molecule has 0 saturated heterocycles. The molecule has 0 aromatic heterocycles. The van der Waals surface area contributed by atoms with E-state index < -0.39 is 0 Å². The number of benzene rings is 1. The molecule has 19 heavy (non-hydrogen) atoms. The van der Waals surface area contributed by atoms with Crippen LogP contribution in [0.15, 0.2) is 18.2 Å². The molecule has 0 spiro atoms. The van der Waals surface area contributed by atoms with E-state index >= 15 is 0 Å². The van der Waals surface area contributed by atoms with Gasteiger partial charge in [-0.05, 0) is 26.0 Å². The van der Waals surface area contributed by atoms with Gasteiger partial charge in [-0.15, -0.1) is 0 Å². The zero-order valence-corrected chi connectivity index (χ0v) is 11.3. The number of anilines is 2. The van der Waals surface area contributed by atoms with E-state index in [4.69, 9.17) is 4.74 Å². The average molecular weight is 261 g/mol. The fourth-order valence-electron chi connectivity index (χ4n) is 2.64. The number of rotatable bonds is 1. The van der Waals surface area contributed by atoms with Gasteiger partial charge in [0.2, 0.25) is 0 Å². The van der Waals surface area contributed by atoms with Crippen LogP contribution in [0.4, 0.5) is 16.2 Å². The van der Waals surface area contributed by atoms with Crippen LogP contribution in [-0.4, -0.2) is 38.3 Å². The van der Waals surface area contributed by atoms with Crippen LogP contribution in [0.1, 0.15) is 13.8 Å². The topological polar surface area (TPSA) is 44.8 Å². The Morgan fingerprint density at radius 3 is 2.95 bits per heavy atom. The van der Waals surface area contributed by atoms with E-state index in [1.54, 1.807) is 0 Å². The molecule has 1 N–H and O–H groups in total. The highest BCUT2D eigenvalue weighted by atomic mass is 16.5. The Balaban J connectivity index is 1.96. The van der Waals surface area contributed by atoms with Crippen molar-refractivity contribution in [1.82, 2.24) is 5.32 Å². The number of nitrogens with one attached hydrogen (secondary N) is 1. The van der Waals surface area contributed by atoms with Gasteiger partial charge in [0.25, 0.3) is 0 Å². The van der Waals surface area contributed by atoms with Crippen molar-refractivity contribution in [1.29, 1.82) is 0 Å². The van der Waals surface area contributed by atoms with Crippen LogP contribution >= 0.6 is 0 Å². The van der Waals surface area contributed by atoms with E-state index in [1.807, 2.05) is 36.9 Å². The van der Waals surface area contributed by atoms with Crippen LogP contribution in [0.25, 0.3) is 0 Å². The number of urea groups is 1. The number of carbonyl (C=O) groups is 1. The van der Waals surface area contributed by atoms with Gasteiger partial charge < -0.3 is 15.0 Å². The molecule has 0 saturated carbocycles. The van der Waals surface area contributed by atoms with Gasteiger partial charge in [0, 0.05) is 19.1 Å². The van der Waals surface area contributed by atoms with Gasteiger partial charge in [0.15, 0.2) is 0 Å². The Morgan fingerprint density at radius 2 is 2.16 bits per heavy atom. The highest BCUT2D eigenvalue weighted by molar-refractivity contribution is 5.98. The fraction of sp³-hybridized carbons (Fsp3) is 0.500. The molecule has 2 aliphatic rings. The smallest absolute Gasteiger partial charge is 0.322 e. The molecule has 5 heteroatoms. The molecule has 0 unspecified atom stereocenters. The monoisotopic (exact) mass is 261 g/mol. The summed E-state index contributed by atoms with van der Waals surface area (Å²) >= 11 is 0. The summed E-state index contributed by atoms with van der Waals surface area (Å²) in [6.07, 6.45) is 0. The molecule has 0 bridgehead atoms. The third-order valence-corrected chi connectivity index (χ3v) is 3.45. The van der Waals surface area contributed by atoms with E-state index in [0.29, 0.717) is 6.61 Å². The first-order valence-electron chi connectivity index (χ1n) is 6.75. The summed E-state index contributed by atoms with van der Waals surface area (Å²) in [4.78, 5) is 16.4. The predicted molar refractivity (Wildman–Crippen MR) is 75.2 cm³/mol. The number of nitrogens with zero attached hydrogens (tertiary/aromatic N) is 2. The fourth-order valence-corrected chi connectivity index (χ4v) is 2.64. The number of para-hydroxylation sites is 1. The largest absolute Gasteiger partial charge is 0.489 e. The lowest BCUT2D eigenvalue weighted by Crippen LogP contribution is -2.51. The molecule has 102 valence electrons. The summed E-state index contributed by atoms with van der Waals surface area (Å²) in [5.41, 5.74) is 2.00. The Morgan fingerprint density at radius 1 is 1.32 bits per heavy atom. The molecule has 0 aliphatic carbocycles. The highest BCUT2D eigenvalue weighted by Crippen LogP contribution is 2.42. The van der Waals surface area contributed by atoms with Gasteiger partial charge in [-0.1, -0.05) is 6.07 Å². The summed E-state index contributed by atoms with van der Waals surface area (Å²) in [6, 6.07) is 6.00. The molecule has 0 atom stereocenters. The molecular weight excluding hydrogens is 242 g/mol. The first-order chi connectivity index (χ1) is 9.16. The van der Waals surface area contributed by atoms with E-state index in [1.165, 1.54) is 0 Å². The van der Waals surface area contributed by atoms with Gasteiger partial charge in [-0.2, -0.15) is 0 Å². The lowest BCUT2D eigenvalue weighted by molar-refractivity contribution is 0.243. The Bertz CT molecular complexity index is 501. The minimum Gasteiger partial charge on any atom is -0.489 e. The number of hydrogen-bond donors (Lipinski definition) is 1. The molecule has 0 fully saturated rings. The molecular formula is C14H19N3O2. The van der Waals surface area contributed by atoms with Crippen molar-refractivity contribution in [3.8, 4) is 5.75 Å². The molecule has 2 amide bonds. The van der Waals surface area contributed by atoms with Gasteiger partial charge in [0.05, 0.1) is 12.2 Å². The maximum absolute atomic E-state index is 12.3. The van der Waals surface area contributed by atoms with Gasteiger partial charge in [-0.3, -0.25) is 4.90 Å². The number of ether oxygens (including phenoxy) is 1. The molecule has 5 nitrogen and oxygen atoms in total. The summed E-state index contributed by atoms with van der Waals surface area (Å²) in [6.45, 7) is 7.13. The van der Waals surface area contributed by atoms with Crippen LogP contribution in [0.5, 0.6) is 5.75 Å². The van der Waals surface area contributed by atoms with Gasteiger partial charge in [-0.25, -0.2) is 4.79 Å². The van der Waals surface area contributed by atoms with E-state index in [-0.39, 0.29) is 12.1 Å². The molecule has 2 heterocycles. The van der Waals surface area contributed by atoms with Gasteiger partial charge in [0.1, 0.15) is 18.0 Å². The van der Waals surface area contributed by atoms with Crippen LogP contribution in [0.3, 0.4) is 0 Å². The van der Waals surface area contributed by atoms with Crippen molar-refractivity contribution in [3.63, 3.8) is 0 Å². The van der Waals surface area contributed by atoms with Crippen LogP contribution in [0, 0.1) is 0 Å². The quantitative estimate of drug-likeness (QED) is 0.838. The summed E-state index contributed by atoms with van der Waals surface area (Å²) in [7, 11) is 0. The summed E-state index contributed by atoms with van der Waals surface area (Å²) < 4.78 is 5.68. The normalized spacial score (nSPS) is 17.0. The first-order valence-corrected chi connectivity index (χ1v) is 6.75. The molecule has 2 aliphatic heterocycles. The van der Waals surface area contributed by atoms with Crippen molar-refractivity contribution < 1.29 is 9.53 Å². The highest BCUT2D eigenvalue weighted by Gasteiger charge is 2.31. The van der Waals surface area contributed by atoms with Crippen molar-refractivity contribution in [3.05, 3.63) is 18.2 Å². The minimum absolute atomic E-state index is 0.0337. The van der Waals surface area contributed by atoms with E-state index in [9.17, 15) is 4.79 Å². The Labute approximate surface area is 113 Å². The molecule has 0 radical (unpaired) electrons. The second kappa shape index (κ2) is 4.64.